The smallest absolute Gasteiger partial charge is 0.0715 e. The van der Waals surface area contributed by atoms with Gasteiger partial charge in [0, 0.05) is 5.56 Å². The summed E-state index contributed by atoms with van der Waals surface area (Å²) in [4.78, 5) is 5.25. The highest BCUT2D eigenvalue weighted by molar-refractivity contribution is 6.19. The zero-order valence-electron chi connectivity index (χ0n) is 27.4. The molecule has 0 unspecified atom stereocenters. The number of hydrogen-bond donors (Lipinski definition) is 0. The van der Waals surface area contributed by atoms with Crippen LogP contribution in [0.25, 0.3) is 11.1 Å². The van der Waals surface area contributed by atoms with Crippen molar-refractivity contribution in [3.63, 3.8) is 0 Å². The number of hydrogen-bond acceptors (Lipinski definition) is 1. The van der Waals surface area contributed by atoms with Crippen molar-refractivity contribution in [3.8, 4) is 0 Å². The van der Waals surface area contributed by atoms with E-state index in [4.69, 9.17) is 4.99 Å². The standard InChI is InChI=1S/C46H39N/c1-32-28-33(2)46(34(3)29-32)47-44-27-26-43(41-16-10-11-17-42(41)44)45(39-22-18-37(19-23-39)30-35-12-6-4-7-13-35)40-24-20-38(21-25-40)31-36-14-8-5-9-15-36/h4-29H,30-31H2,1-3H3. The van der Waals surface area contributed by atoms with Crippen molar-refractivity contribution >= 4 is 22.5 Å². The summed E-state index contributed by atoms with van der Waals surface area (Å²) < 4.78 is 0. The zero-order chi connectivity index (χ0) is 32.2. The first kappa shape index (κ1) is 30.1. The summed E-state index contributed by atoms with van der Waals surface area (Å²) in [5.74, 6) is 0. The average molecular weight is 606 g/mol. The minimum atomic E-state index is 0.918. The first-order chi connectivity index (χ1) is 23.0. The Balaban J connectivity index is 1.34. The van der Waals surface area contributed by atoms with Crippen LogP contribution in [-0.2, 0) is 12.8 Å². The summed E-state index contributed by atoms with van der Waals surface area (Å²) >= 11 is 0. The molecule has 47 heavy (non-hydrogen) atoms. The molecule has 0 atom stereocenters. The Labute approximate surface area is 279 Å². The Morgan fingerprint density at radius 2 is 0.915 bits per heavy atom. The number of allylic oxidation sites excluding steroid dienone is 3. The Kier molecular flexibility index (Phi) is 8.62. The molecule has 1 heteroatoms. The van der Waals surface area contributed by atoms with Gasteiger partial charge < -0.3 is 0 Å². The maximum absolute atomic E-state index is 5.25. The molecule has 6 aromatic rings. The first-order valence-electron chi connectivity index (χ1n) is 16.5. The summed E-state index contributed by atoms with van der Waals surface area (Å²) in [6, 6.07) is 52.8. The Hall–Kier alpha value is -5.53. The lowest BCUT2D eigenvalue weighted by Crippen LogP contribution is -2.08. The van der Waals surface area contributed by atoms with Gasteiger partial charge in [-0.25, -0.2) is 4.99 Å². The first-order valence-corrected chi connectivity index (χ1v) is 16.5. The van der Waals surface area contributed by atoms with Gasteiger partial charge >= 0.3 is 0 Å². The SMILES string of the molecule is Cc1cc(C)c(N=C2C=CC(=C(c3ccc(Cc4ccccc4)cc3)c3ccc(Cc4ccccc4)cc3)c3ccccc32)c(C)c1. The fourth-order valence-corrected chi connectivity index (χ4v) is 6.79. The second-order valence-corrected chi connectivity index (χ2v) is 12.6. The van der Waals surface area contributed by atoms with E-state index in [1.807, 2.05) is 0 Å². The summed E-state index contributed by atoms with van der Waals surface area (Å²) in [5, 5.41) is 0. The number of rotatable bonds is 7. The second kappa shape index (κ2) is 13.4. The van der Waals surface area contributed by atoms with E-state index in [-0.39, 0.29) is 0 Å². The van der Waals surface area contributed by atoms with Crippen LogP contribution in [0.15, 0.2) is 163 Å². The predicted octanol–water partition coefficient (Wildman–Crippen LogP) is 11.4. The topological polar surface area (TPSA) is 12.4 Å². The molecule has 0 aliphatic heterocycles. The quantitative estimate of drug-likeness (QED) is 0.172. The Morgan fingerprint density at radius 3 is 1.43 bits per heavy atom. The third-order valence-corrected chi connectivity index (χ3v) is 9.03. The minimum Gasteiger partial charge on any atom is -0.248 e. The molecule has 6 aromatic carbocycles. The van der Waals surface area contributed by atoms with Crippen molar-refractivity contribution in [1.82, 2.24) is 0 Å². The summed E-state index contributed by atoms with van der Waals surface area (Å²) in [6.07, 6.45) is 6.30. The highest BCUT2D eigenvalue weighted by atomic mass is 14.8. The molecule has 0 fully saturated rings. The van der Waals surface area contributed by atoms with Crippen LogP contribution in [-0.4, -0.2) is 5.71 Å². The molecule has 0 N–H and O–H groups in total. The van der Waals surface area contributed by atoms with Crippen LogP contribution in [0.3, 0.4) is 0 Å². The number of aliphatic imine (C=N–C) groups is 1. The van der Waals surface area contributed by atoms with Crippen LogP contribution >= 0.6 is 0 Å². The highest BCUT2D eigenvalue weighted by Crippen LogP contribution is 2.38. The number of fused-ring (bicyclic) bond motifs is 1. The van der Waals surface area contributed by atoms with Gasteiger partial charge in [0.2, 0.25) is 0 Å². The molecule has 228 valence electrons. The third-order valence-electron chi connectivity index (χ3n) is 9.03. The second-order valence-electron chi connectivity index (χ2n) is 12.6. The molecule has 0 radical (unpaired) electrons. The lowest BCUT2D eigenvalue weighted by atomic mass is 9.83. The predicted molar refractivity (Wildman–Crippen MR) is 200 cm³/mol. The molecular formula is C46H39N. The number of benzene rings is 6. The van der Waals surface area contributed by atoms with Gasteiger partial charge in [-0.15, -0.1) is 0 Å². The Morgan fingerprint density at radius 1 is 0.468 bits per heavy atom. The van der Waals surface area contributed by atoms with Gasteiger partial charge in [0.05, 0.1) is 11.4 Å². The van der Waals surface area contributed by atoms with Crippen molar-refractivity contribution in [2.75, 3.05) is 0 Å². The molecule has 0 heterocycles. The fraction of sp³-hybridized carbons (Fsp3) is 0.109. The fourth-order valence-electron chi connectivity index (χ4n) is 6.79. The molecular weight excluding hydrogens is 567 g/mol. The van der Waals surface area contributed by atoms with E-state index >= 15 is 0 Å². The van der Waals surface area contributed by atoms with Gasteiger partial charge in [-0.05, 0) is 101 Å². The van der Waals surface area contributed by atoms with E-state index in [1.165, 1.54) is 66.8 Å². The molecule has 0 spiro atoms. The van der Waals surface area contributed by atoms with Crippen LogP contribution in [0, 0.1) is 20.8 Å². The number of nitrogens with zero attached hydrogens (tertiary/aromatic N) is 1. The average Bonchev–Trinajstić information content (AvgIpc) is 3.09. The lowest BCUT2D eigenvalue weighted by Gasteiger charge is -2.22. The number of aryl methyl sites for hydroxylation is 3. The third kappa shape index (κ3) is 6.71. The van der Waals surface area contributed by atoms with Crippen LogP contribution in [0.5, 0.6) is 0 Å². The van der Waals surface area contributed by atoms with Crippen molar-refractivity contribution in [2.45, 2.75) is 33.6 Å². The maximum atomic E-state index is 5.25. The van der Waals surface area contributed by atoms with E-state index in [2.05, 4.69) is 179 Å². The molecule has 1 aliphatic carbocycles. The summed E-state index contributed by atoms with van der Waals surface area (Å²) in [5.41, 5.74) is 18.2. The molecule has 0 saturated carbocycles. The van der Waals surface area contributed by atoms with Gasteiger partial charge in [-0.3, -0.25) is 0 Å². The highest BCUT2D eigenvalue weighted by Gasteiger charge is 2.21. The van der Waals surface area contributed by atoms with Crippen molar-refractivity contribution in [3.05, 3.63) is 219 Å². The van der Waals surface area contributed by atoms with Gasteiger partial charge in [-0.2, -0.15) is 0 Å². The lowest BCUT2D eigenvalue weighted by molar-refractivity contribution is 1.19. The van der Waals surface area contributed by atoms with Gasteiger partial charge in [0.1, 0.15) is 0 Å². The van der Waals surface area contributed by atoms with E-state index in [9.17, 15) is 0 Å². The monoisotopic (exact) mass is 605 g/mol. The molecule has 1 nitrogen and oxygen atoms in total. The zero-order valence-corrected chi connectivity index (χ0v) is 27.4. The van der Waals surface area contributed by atoms with Gasteiger partial charge in [0.25, 0.3) is 0 Å². The molecule has 0 amide bonds. The molecule has 7 rings (SSSR count). The molecule has 0 saturated heterocycles. The van der Waals surface area contributed by atoms with Crippen molar-refractivity contribution in [2.24, 2.45) is 4.99 Å². The van der Waals surface area contributed by atoms with Crippen LogP contribution < -0.4 is 0 Å². The maximum Gasteiger partial charge on any atom is 0.0715 e. The molecule has 0 aromatic heterocycles. The van der Waals surface area contributed by atoms with E-state index in [0.29, 0.717) is 0 Å². The van der Waals surface area contributed by atoms with E-state index in [1.54, 1.807) is 0 Å². The molecule has 1 aliphatic rings. The summed E-state index contributed by atoms with van der Waals surface area (Å²) in [7, 11) is 0. The minimum absolute atomic E-state index is 0.918. The van der Waals surface area contributed by atoms with Crippen LogP contribution in [0.1, 0.15) is 61.2 Å². The van der Waals surface area contributed by atoms with Crippen molar-refractivity contribution in [1.29, 1.82) is 0 Å². The van der Waals surface area contributed by atoms with Crippen LogP contribution in [0.4, 0.5) is 5.69 Å². The largest absolute Gasteiger partial charge is 0.248 e. The van der Waals surface area contributed by atoms with Gasteiger partial charge in [-0.1, -0.05) is 157 Å². The van der Waals surface area contributed by atoms with E-state index < -0.39 is 0 Å². The van der Waals surface area contributed by atoms with Crippen molar-refractivity contribution < 1.29 is 0 Å². The van der Waals surface area contributed by atoms with Crippen LogP contribution in [0.2, 0.25) is 0 Å². The Bertz CT molecular complexity index is 2000. The summed E-state index contributed by atoms with van der Waals surface area (Å²) in [6.45, 7) is 6.46. The van der Waals surface area contributed by atoms with E-state index in [0.717, 1.165) is 29.8 Å². The van der Waals surface area contributed by atoms with Gasteiger partial charge in [0.15, 0.2) is 0 Å². The molecule has 0 bridgehead atoms. The normalized spacial score (nSPS) is 13.1.